The van der Waals surface area contributed by atoms with Gasteiger partial charge in [0.25, 0.3) is 0 Å². The van der Waals surface area contributed by atoms with Crippen LogP contribution in [0.1, 0.15) is 38.2 Å². The van der Waals surface area contributed by atoms with Crippen LogP contribution in [0.4, 0.5) is 5.82 Å². The van der Waals surface area contributed by atoms with Crippen molar-refractivity contribution in [1.82, 2.24) is 10.3 Å². The molecule has 1 aliphatic carbocycles. The molecule has 0 aromatic carbocycles. The molecule has 1 aromatic heterocycles. The van der Waals surface area contributed by atoms with Crippen LogP contribution in [0.2, 0.25) is 5.02 Å². The second kappa shape index (κ2) is 6.39. The number of aromatic nitrogens is 1. The lowest BCUT2D eigenvalue weighted by molar-refractivity contribution is 0.703. The van der Waals surface area contributed by atoms with E-state index < -0.39 is 0 Å². The van der Waals surface area contributed by atoms with Gasteiger partial charge in [0, 0.05) is 25.3 Å². The van der Waals surface area contributed by atoms with E-state index in [4.69, 9.17) is 11.6 Å². The lowest BCUT2D eigenvalue weighted by Crippen LogP contribution is -2.28. The van der Waals surface area contributed by atoms with E-state index in [0.29, 0.717) is 6.04 Å². The number of halogens is 1. The molecule has 1 saturated carbocycles. The maximum atomic E-state index is 6.38. The van der Waals surface area contributed by atoms with Gasteiger partial charge in [-0.2, -0.15) is 0 Å². The fraction of sp³-hybridized carbons (Fsp3) is 0.643. The zero-order chi connectivity index (χ0) is 13.0. The van der Waals surface area contributed by atoms with E-state index in [-0.39, 0.29) is 0 Å². The highest BCUT2D eigenvalue weighted by Crippen LogP contribution is 2.34. The summed E-state index contributed by atoms with van der Waals surface area (Å²) in [4.78, 5) is 6.95. The summed E-state index contributed by atoms with van der Waals surface area (Å²) in [6.07, 6.45) is 6.89. The van der Waals surface area contributed by atoms with Crippen LogP contribution >= 0.6 is 11.6 Å². The van der Waals surface area contributed by atoms with Crippen LogP contribution in [0.5, 0.6) is 0 Å². The van der Waals surface area contributed by atoms with Crippen molar-refractivity contribution in [2.75, 3.05) is 18.5 Å². The maximum absolute atomic E-state index is 6.38. The Kier molecular flexibility index (Phi) is 4.84. The first-order chi connectivity index (χ1) is 8.76. The third-order valence-corrected chi connectivity index (χ3v) is 3.55. The van der Waals surface area contributed by atoms with Crippen LogP contribution in [-0.4, -0.2) is 24.6 Å². The molecule has 0 bridgehead atoms. The van der Waals surface area contributed by atoms with E-state index in [1.807, 2.05) is 19.3 Å². The quantitative estimate of drug-likeness (QED) is 0.822. The number of rotatable bonds is 7. The first-order valence-electron chi connectivity index (χ1n) is 6.82. The minimum atomic E-state index is 0.664. The molecule has 1 aliphatic rings. The normalized spacial score (nSPS) is 14.8. The highest BCUT2D eigenvalue weighted by Gasteiger charge is 2.30. The molecule has 0 aliphatic heterocycles. The van der Waals surface area contributed by atoms with Gasteiger partial charge in [-0.3, -0.25) is 0 Å². The van der Waals surface area contributed by atoms with Crippen molar-refractivity contribution in [3.63, 3.8) is 0 Å². The Morgan fingerprint density at radius 1 is 1.50 bits per heavy atom. The van der Waals surface area contributed by atoms with Gasteiger partial charge in [-0.1, -0.05) is 24.9 Å². The lowest BCUT2D eigenvalue weighted by Gasteiger charge is -2.24. The Morgan fingerprint density at radius 3 is 2.83 bits per heavy atom. The number of nitrogens with zero attached hydrogens (tertiary/aromatic N) is 2. The molecule has 0 unspecified atom stereocenters. The van der Waals surface area contributed by atoms with Crippen molar-refractivity contribution < 1.29 is 0 Å². The topological polar surface area (TPSA) is 28.2 Å². The molecule has 3 nitrogen and oxygen atoms in total. The van der Waals surface area contributed by atoms with Crippen molar-refractivity contribution in [2.24, 2.45) is 0 Å². The molecule has 0 saturated heterocycles. The van der Waals surface area contributed by atoms with E-state index in [9.17, 15) is 0 Å². The number of anilines is 1. The van der Waals surface area contributed by atoms with Crippen molar-refractivity contribution in [3.8, 4) is 0 Å². The molecule has 0 radical (unpaired) electrons. The zero-order valence-corrected chi connectivity index (χ0v) is 12.0. The Morgan fingerprint density at radius 2 is 2.28 bits per heavy atom. The van der Waals surface area contributed by atoms with Crippen LogP contribution < -0.4 is 10.2 Å². The van der Waals surface area contributed by atoms with E-state index in [1.165, 1.54) is 25.7 Å². The molecule has 4 heteroatoms. The zero-order valence-electron chi connectivity index (χ0n) is 11.2. The fourth-order valence-electron chi connectivity index (χ4n) is 2.16. The van der Waals surface area contributed by atoms with Crippen LogP contribution in [-0.2, 0) is 6.54 Å². The monoisotopic (exact) mass is 267 g/mol. The molecule has 18 heavy (non-hydrogen) atoms. The molecule has 2 rings (SSSR count). The van der Waals surface area contributed by atoms with Gasteiger partial charge in [0.05, 0.1) is 5.02 Å². The molecule has 1 N–H and O–H groups in total. The lowest BCUT2D eigenvalue weighted by atomic mass is 10.2. The molecule has 0 amide bonds. The van der Waals surface area contributed by atoms with E-state index in [2.05, 4.69) is 22.1 Å². The molecular formula is C14H22ClN3. The number of hydrogen-bond acceptors (Lipinski definition) is 3. The summed E-state index contributed by atoms with van der Waals surface area (Å²) in [6.45, 7) is 4.10. The van der Waals surface area contributed by atoms with Crippen molar-refractivity contribution in [1.29, 1.82) is 0 Å². The Balaban J connectivity index is 2.13. The van der Waals surface area contributed by atoms with Gasteiger partial charge >= 0.3 is 0 Å². The largest absolute Gasteiger partial charge is 0.352 e. The van der Waals surface area contributed by atoms with Crippen molar-refractivity contribution in [2.45, 2.75) is 45.2 Å². The summed E-state index contributed by atoms with van der Waals surface area (Å²) < 4.78 is 0. The highest BCUT2D eigenvalue weighted by atomic mass is 35.5. The van der Waals surface area contributed by atoms with Gasteiger partial charge in [0.1, 0.15) is 5.82 Å². The second-order valence-electron chi connectivity index (χ2n) is 4.96. The standard InChI is InChI=1S/C14H22ClN3/c1-3-4-7-18(12-5-6-12)14-13(15)8-11(9-16-2)10-17-14/h8,10,12,16H,3-7,9H2,1-2H3. The third-order valence-electron chi connectivity index (χ3n) is 3.27. The molecule has 0 atom stereocenters. The van der Waals surface area contributed by atoms with E-state index >= 15 is 0 Å². The van der Waals surface area contributed by atoms with Crippen LogP contribution in [0.15, 0.2) is 12.3 Å². The predicted molar refractivity (Wildman–Crippen MR) is 77.3 cm³/mol. The fourth-order valence-corrected chi connectivity index (χ4v) is 2.46. The average molecular weight is 268 g/mol. The summed E-state index contributed by atoms with van der Waals surface area (Å²) in [5, 5.41) is 3.90. The van der Waals surface area contributed by atoms with E-state index in [1.54, 1.807) is 0 Å². The first kappa shape index (κ1) is 13.6. The van der Waals surface area contributed by atoms with Crippen LogP contribution in [0.3, 0.4) is 0 Å². The minimum absolute atomic E-state index is 0.664. The van der Waals surface area contributed by atoms with Gasteiger partial charge in [0.2, 0.25) is 0 Å². The molecule has 1 heterocycles. The number of nitrogens with one attached hydrogen (secondary N) is 1. The van der Waals surface area contributed by atoms with Crippen molar-refractivity contribution >= 4 is 17.4 Å². The Bertz CT molecular complexity index is 391. The molecule has 1 fully saturated rings. The van der Waals surface area contributed by atoms with Gasteiger partial charge in [-0.05, 0) is 37.9 Å². The van der Waals surface area contributed by atoms with Crippen LogP contribution in [0.25, 0.3) is 0 Å². The summed E-state index contributed by atoms with van der Waals surface area (Å²) in [5.74, 6) is 0.965. The van der Waals surface area contributed by atoms with Gasteiger partial charge in [-0.15, -0.1) is 0 Å². The minimum Gasteiger partial charge on any atom is -0.352 e. The SMILES string of the molecule is CCCCN(c1ncc(CNC)cc1Cl)C1CC1. The van der Waals surface area contributed by atoms with Gasteiger partial charge in [0.15, 0.2) is 0 Å². The summed E-state index contributed by atoms with van der Waals surface area (Å²) in [5.41, 5.74) is 1.14. The highest BCUT2D eigenvalue weighted by molar-refractivity contribution is 6.33. The summed E-state index contributed by atoms with van der Waals surface area (Å²) in [6, 6.07) is 2.69. The summed E-state index contributed by atoms with van der Waals surface area (Å²) in [7, 11) is 1.93. The molecular weight excluding hydrogens is 246 g/mol. The third kappa shape index (κ3) is 3.36. The van der Waals surface area contributed by atoms with Gasteiger partial charge in [-0.25, -0.2) is 4.98 Å². The number of unbranched alkanes of at least 4 members (excludes halogenated alkanes) is 1. The smallest absolute Gasteiger partial charge is 0.147 e. The molecule has 1 aromatic rings. The second-order valence-corrected chi connectivity index (χ2v) is 5.36. The summed E-state index contributed by atoms with van der Waals surface area (Å²) >= 11 is 6.38. The van der Waals surface area contributed by atoms with Crippen molar-refractivity contribution in [3.05, 3.63) is 22.8 Å². The van der Waals surface area contributed by atoms with E-state index in [0.717, 1.165) is 29.5 Å². The predicted octanol–water partition coefficient (Wildman–Crippen LogP) is 3.22. The number of pyridine rings is 1. The van der Waals surface area contributed by atoms with Gasteiger partial charge < -0.3 is 10.2 Å². The van der Waals surface area contributed by atoms with Crippen LogP contribution in [0, 0.1) is 0 Å². The maximum Gasteiger partial charge on any atom is 0.147 e. The number of hydrogen-bond donors (Lipinski definition) is 1. The average Bonchev–Trinajstić information content (AvgIpc) is 3.17. The Hall–Kier alpha value is -0.800. The molecule has 100 valence electrons. The first-order valence-corrected chi connectivity index (χ1v) is 7.19. The Labute approximate surface area is 115 Å². The molecule has 0 spiro atoms.